The number of halogens is 2. The van der Waals surface area contributed by atoms with Crippen LogP contribution in [0.2, 0.25) is 0 Å². The van der Waals surface area contributed by atoms with Crippen LogP contribution in [0, 0.1) is 0 Å². The fourth-order valence-electron chi connectivity index (χ4n) is 1.92. The number of carbonyl (C=O) groups is 2. The molecular formula is C15H15Br2N3O4S. The van der Waals surface area contributed by atoms with Gasteiger partial charge in [-0.25, -0.2) is 0 Å². The Balaban J connectivity index is 2.14. The number of aliphatic carboxylic acids is 1. The standard InChI is InChI=1S/C15H15Br2N3O4S/c1-2-3-24-13-8(4-9(16)5-10(13)17)7-18-20-15-19-14(23)11(25-15)6-12(21)22/h4-5,7,11H,2-3,6H2,1H3,(H,21,22)(H,19,20,23). The average Bonchev–Trinajstić information content (AvgIpc) is 2.85. The quantitative estimate of drug-likeness (QED) is 0.448. The Labute approximate surface area is 165 Å². The fourth-order valence-corrected chi connectivity index (χ4v) is 4.21. The van der Waals surface area contributed by atoms with E-state index in [0.29, 0.717) is 12.4 Å². The number of rotatable bonds is 7. The Morgan fingerprint density at radius 3 is 2.92 bits per heavy atom. The summed E-state index contributed by atoms with van der Waals surface area (Å²) < 4.78 is 7.36. The van der Waals surface area contributed by atoms with E-state index in [2.05, 4.69) is 47.4 Å². The summed E-state index contributed by atoms with van der Waals surface area (Å²) in [5.41, 5.74) is 0.718. The molecular weight excluding hydrogens is 478 g/mol. The van der Waals surface area contributed by atoms with Crippen LogP contribution in [0.3, 0.4) is 0 Å². The normalized spacial score (nSPS) is 18.8. The third kappa shape index (κ3) is 5.82. The number of hydrogen-bond donors (Lipinski definition) is 2. The smallest absolute Gasteiger partial charge is 0.305 e. The molecule has 25 heavy (non-hydrogen) atoms. The lowest BCUT2D eigenvalue weighted by Crippen LogP contribution is -2.26. The molecule has 2 rings (SSSR count). The van der Waals surface area contributed by atoms with E-state index in [1.807, 2.05) is 19.1 Å². The number of amidine groups is 1. The minimum absolute atomic E-state index is 0.257. The van der Waals surface area contributed by atoms with Crippen molar-refractivity contribution in [2.75, 3.05) is 6.61 Å². The number of carboxylic acids is 1. The van der Waals surface area contributed by atoms with Gasteiger partial charge in [-0.1, -0.05) is 34.6 Å². The molecule has 0 spiro atoms. The van der Waals surface area contributed by atoms with Crippen molar-refractivity contribution >= 4 is 66.9 Å². The summed E-state index contributed by atoms with van der Waals surface area (Å²) in [4.78, 5) is 22.4. The highest BCUT2D eigenvalue weighted by atomic mass is 79.9. The van der Waals surface area contributed by atoms with Crippen LogP contribution < -0.4 is 10.1 Å². The number of amides is 1. The van der Waals surface area contributed by atoms with Crippen LogP contribution >= 0.6 is 43.6 Å². The Bertz CT molecular complexity index is 740. The molecule has 1 aliphatic rings. The molecule has 1 aromatic rings. The highest BCUT2D eigenvalue weighted by Gasteiger charge is 2.32. The molecule has 134 valence electrons. The summed E-state index contributed by atoms with van der Waals surface area (Å²) in [6, 6.07) is 3.71. The maximum absolute atomic E-state index is 11.7. The van der Waals surface area contributed by atoms with Crippen LogP contribution in [0.1, 0.15) is 25.3 Å². The average molecular weight is 493 g/mol. The van der Waals surface area contributed by atoms with Crippen LogP contribution in [0.15, 0.2) is 31.3 Å². The number of carbonyl (C=O) groups excluding carboxylic acids is 1. The van der Waals surface area contributed by atoms with Gasteiger partial charge in [-0.15, -0.1) is 5.10 Å². The summed E-state index contributed by atoms with van der Waals surface area (Å²) in [6.45, 7) is 2.58. The second-order valence-electron chi connectivity index (χ2n) is 5.00. The molecule has 1 fully saturated rings. The molecule has 0 aliphatic carbocycles. The van der Waals surface area contributed by atoms with Crippen LogP contribution in [0.4, 0.5) is 0 Å². The molecule has 0 aromatic heterocycles. The lowest BCUT2D eigenvalue weighted by atomic mass is 10.2. The van der Waals surface area contributed by atoms with Crippen molar-refractivity contribution in [1.29, 1.82) is 0 Å². The molecule has 1 saturated heterocycles. The predicted octanol–water partition coefficient (Wildman–Crippen LogP) is 3.40. The minimum Gasteiger partial charge on any atom is -0.492 e. The predicted molar refractivity (Wildman–Crippen MR) is 104 cm³/mol. The van der Waals surface area contributed by atoms with E-state index < -0.39 is 11.2 Å². The number of nitrogens with one attached hydrogen (secondary N) is 1. The maximum atomic E-state index is 11.7. The summed E-state index contributed by atoms with van der Waals surface area (Å²) in [6.07, 6.45) is 2.13. The summed E-state index contributed by atoms with van der Waals surface area (Å²) >= 11 is 7.92. The second kappa shape index (κ2) is 9.35. The van der Waals surface area contributed by atoms with Crippen molar-refractivity contribution in [3.63, 3.8) is 0 Å². The van der Waals surface area contributed by atoms with Crippen LogP contribution in [-0.4, -0.2) is 40.2 Å². The van der Waals surface area contributed by atoms with E-state index in [4.69, 9.17) is 9.84 Å². The van der Waals surface area contributed by atoms with Gasteiger partial charge in [0.25, 0.3) is 0 Å². The van der Waals surface area contributed by atoms with E-state index in [-0.39, 0.29) is 17.5 Å². The zero-order chi connectivity index (χ0) is 18.4. The number of thioether (sulfide) groups is 1. The lowest BCUT2D eigenvalue weighted by Gasteiger charge is -2.10. The van der Waals surface area contributed by atoms with Gasteiger partial charge in [-0.3, -0.25) is 9.59 Å². The van der Waals surface area contributed by atoms with Gasteiger partial charge >= 0.3 is 5.97 Å². The van der Waals surface area contributed by atoms with E-state index in [1.54, 1.807) is 0 Å². The molecule has 10 heteroatoms. The molecule has 0 radical (unpaired) electrons. The fraction of sp³-hybridized carbons (Fsp3) is 0.333. The van der Waals surface area contributed by atoms with E-state index in [9.17, 15) is 9.59 Å². The Kier molecular flexibility index (Phi) is 7.45. The SMILES string of the molecule is CCCOc1c(Br)cc(Br)cc1C=NN=C1NC(=O)C(CC(=O)O)S1. The number of nitrogens with zero attached hydrogens (tertiary/aromatic N) is 2. The van der Waals surface area contributed by atoms with Gasteiger partial charge in [-0.05, 0) is 34.5 Å². The van der Waals surface area contributed by atoms with Crippen molar-refractivity contribution in [1.82, 2.24) is 5.32 Å². The van der Waals surface area contributed by atoms with E-state index in [0.717, 1.165) is 32.7 Å². The first-order valence-corrected chi connectivity index (χ1v) is 9.79. The topological polar surface area (TPSA) is 100 Å². The molecule has 1 amide bonds. The maximum Gasteiger partial charge on any atom is 0.305 e. The Morgan fingerprint density at radius 1 is 1.48 bits per heavy atom. The van der Waals surface area contributed by atoms with Gasteiger partial charge < -0.3 is 15.2 Å². The molecule has 1 heterocycles. The van der Waals surface area contributed by atoms with Gasteiger partial charge in [0.2, 0.25) is 5.91 Å². The first-order valence-electron chi connectivity index (χ1n) is 7.33. The Morgan fingerprint density at radius 2 is 2.24 bits per heavy atom. The van der Waals surface area contributed by atoms with Crippen molar-refractivity contribution in [3.05, 3.63) is 26.6 Å². The highest BCUT2D eigenvalue weighted by molar-refractivity contribution is 9.11. The van der Waals surface area contributed by atoms with Gasteiger partial charge in [0.1, 0.15) is 11.0 Å². The van der Waals surface area contributed by atoms with Gasteiger partial charge in [-0.2, -0.15) is 5.10 Å². The molecule has 1 unspecified atom stereocenters. The summed E-state index contributed by atoms with van der Waals surface area (Å²) in [5.74, 6) is -0.756. The van der Waals surface area contributed by atoms with Gasteiger partial charge in [0, 0.05) is 10.0 Å². The largest absolute Gasteiger partial charge is 0.492 e. The third-order valence-electron chi connectivity index (χ3n) is 2.97. The number of ether oxygens (including phenoxy) is 1. The van der Waals surface area contributed by atoms with Crippen molar-refractivity contribution < 1.29 is 19.4 Å². The molecule has 0 saturated carbocycles. The second-order valence-corrected chi connectivity index (χ2v) is 7.96. The molecule has 0 bridgehead atoms. The molecule has 1 atom stereocenters. The number of carboxylic acid groups (broad SMARTS) is 1. The van der Waals surface area contributed by atoms with Crippen LogP contribution in [0.5, 0.6) is 5.75 Å². The third-order valence-corrected chi connectivity index (χ3v) is 5.09. The van der Waals surface area contributed by atoms with Crippen molar-refractivity contribution in [2.45, 2.75) is 25.0 Å². The monoisotopic (exact) mass is 491 g/mol. The minimum atomic E-state index is -1.03. The first kappa shape index (κ1) is 19.9. The van der Waals surface area contributed by atoms with Gasteiger partial charge in [0.15, 0.2) is 5.17 Å². The lowest BCUT2D eigenvalue weighted by molar-refractivity contribution is -0.138. The molecule has 7 nitrogen and oxygen atoms in total. The number of benzene rings is 1. The Hall–Kier alpha value is -1.39. The van der Waals surface area contributed by atoms with E-state index >= 15 is 0 Å². The summed E-state index contributed by atoms with van der Waals surface area (Å²) in [7, 11) is 0. The van der Waals surface area contributed by atoms with Crippen molar-refractivity contribution in [2.24, 2.45) is 10.2 Å². The van der Waals surface area contributed by atoms with Crippen molar-refractivity contribution in [3.8, 4) is 5.75 Å². The molecule has 2 N–H and O–H groups in total. The molecule has 1 aliphatic heterocycles. The highest BCUT2D eigenvalue weighted by Crippen LogP contribution is 2.32. The van der Waals surface area contributed by atoms with Crippen LogP contribution in [0.25, 0.3) is 0 Å². The van der Waals surface area contributed by atoms with E-state index in [1.165, 1.54) is 6.21 Å². The summed E-state index contributed by atoms with van der Waals surface area (Å²) in [5, 5.41) is 18.8. The zero-order valence-electron chi connectivity index (χ0n) is 13.2. The first-order chi connectivity index (χ1) is 11.9. The van der Waals surface area contributed by atoms with Gasteiger partial charge in [0.05, 0.1) is 23.7 Å². The van der Waals surface area contributed by atoms with Crippen LogP contribution in [-0.2, 0) is 9.59 Å². The number of hydrogen-bond acceptors (Lipinski definition) is 6. The zero-order valence-corrected chi connectivity index (χ0v) is 17.1. The molecule has 1 aromatic carbocycles.